The van der Waals surface area contributed by atoms with E-state index in [0.717, 1.165) is 5.39 Å². The van der Waals surface area contributed by atoms with Crippen molar-refractivity contribution < 1.29 is 4.79 Å². The van der Waals surface area contributed by atoms with Gasteiger partial charge in [-0.3, -0.25) is 5.10 Å². The van der Waals surface area contributed by atoms with Crippen LogP contribution in [0.1, 0.15) is 0 Å². The fraction of sp³-hybridized carbons (Fsp3) is 0.250. The number of halogens is 1. The smallest absolute Gasteiger partial charge is 0.312 e. The normalized spacial score (nSPS) is 10.4. The highest BCUT2D eigenvalue weighted by molar-refractivity contribution is 6.28. The zero-order chi connectivity index (χ0) is 12.3. The van der Waals surface area contributed by atoms with Gasteiger partial charge in [-0.2, -0.15) is 15.1 Å². The highest BCUT2D eigenvalue weighted by atomic mass is 35.5. The monoisotopic (exact) mass is 255 g/mol. The highest BCUT2D eigenvalue weighted by Gasteiger charge is 2.07. The molecule has 2 rings (SSSR count). The molecule has 17 heavy (non-hydrogen) atoms. The quantitative estimate of drug-likeness (QED) is 0.455. The van der Waals surface area contributed by atoms with E-state index in [2.05, 4.69) is 30.8 Å². The number of carbonyl (C=O) groups excluding carboxylic acids is 1. The zero-order valence-corrected chi connectivity index (χ0v) is 9.45. The molecule has 0 spiro atoms. The summed E-state index contributed by atoms with van der Waals surface area (Å²) < 4.78 is 0. The molecule has 2 aromatic rings. The van der Waals surface area contributed by atoms with E-state index in [1.807, 2.05) is 0 Å². The number of nitrogens with one attached hydrogen (secondary N) is 3. The molecular formula is C8H10ClN7O. The number of hydrogen-bond acceptors (Lipinski definition) is 5. The largest absolute Gasteiger partial charge is 0.368 e. The molecule has 0 saturated heterocycles. The fourth-order valence-corrected chi connectivity index (χ4v) is 1.48. The van der Waals surface area contributed by atoms with Gasteiger partial charge in [0.15, 0.2) is 5.65 Å². The Hall–Kier alpha value is -2.09. The molecule has 2 aromatic heterocycles. The number of aromatic nitrogens is 4. The lowest BCUT2D eigenvalue weighted by Crippen LogP contribution is -2.33. The van der Waals surface area contributed by atoms with Crippen LogP contribution in [0.25, 0.3) is 11.0 Å². The summed E-state index contributed by atoms with van der Waals surface area (Å²) in [5, 5.41) is 12.8. The number of fused-ring (bicyclic) bond motifs is 1. The van der Waals surface area contributed by atoms with Gasteiger partial charge in [0.2, 0.25) is 5.28 Å². The summed E-state index contributed by atoms with van der Waals surface area (Å²) in [6, 6.07) is -0.569. The lowest BCUT2D eigenvalue weighted by atomic mass is 10.4. The first kappa shape index (κ1) is 11.4. The molecular weight excluding hydrogens is 246 g/mol. The lowest BCUT2D eigenvalue weighted by molar-refractivity contribution is 0.249. The Bertz CT molecular complexity index is 540. The number of aromatic amines is 1. The third-order valence-corrected chi connectivity index (χ3v) is 2.17. The van der Waals surface area contributed by atoms with E-state index in [1.54, 1.807) is 6.20 Å². The number of nitrogens with two attached hydrogens (primary N) is 1. The molecule has 8 nitrogen and oxygen atoms in total. The van der Waals surface area contributed by atoms with E-state index in [1.165, 1.54) is 0 Å². The van der Waals surface area contributed by atoms with Crippen LogP contribution >= 0.6 is 11.6 Å². The van der Waals surface area contributed by atoms with E-state index in [0.29, 0.717) is 24.6 Å². The third-order valence-electron chi connectivity index (χ3n) is 2.00. The van der Waals surface area contributed by atoms with Gasteiger partial charge in [-0.05, 0) is 11.6 Å². The summed E-state index contributed by atoms with van der Waals surface area (Å²) >= 11 is 5.74. The topological polar surface area (TPSA) is 122 Å². The number of nitrogens with zero attached hydrogens (tertiary/aromatic N) is 3. The number of anilines is 1. The predicted octanol–water partition coefficient (Wildman–Crippen LogP) is 0.0865. The lowest BCUT2D eigenvalue weighted by Gasteiger charge is -2.06. The van der Waals surface area contributed by atoms with Gasteiger partial charge in [0.05, 0.1) is 11.6 Å². The summed E-state index contributed by atoms with van der Waals surface area (Å²) in [6.45, 7) is 0.854. The van der Waals surface area contributed by atoms with Gasteiger partial charge >= 0.3 is 6.03 Å². The molecule has 2 heterocycles. The second kappa shape index (κ2) is 4.83. The predicted molar refractivity (Wildman–Crippen MR) is 62.8 cm³/mol. The van der Waals surface area contributed by atoms with Gasteiger partial charge in [0, 0.05) is 13.1 Å². The summed E-state index contributed by atoms with van der Waals surface area (Å²) in [5.74, 6) is 0.556. The molecule has 2 amide bonds. The number of amides is 2. The first-order valence-electron chi connectivity index (χ1n) is 4.80. The first-order valence-corrected chi connectivity index (χ1v) is 5.18. The van der Waals surface area contributed by atoms with Crippen LogP contribution in [-0.4, -0.2) is 39.3 Å². The van der Waals surface area contributed by atoms with Crippen molar-refractivity contribution in [2.24, 2.45) is 5.73 Å². The van der Waals surface area contributed by atoms with Gasteiger partial charge < -0.3 is 16.4 Å². The Morgan fingerprint density at radius 2 is 2.29 bits per heavy atom. The second-order valence-electron chi connectivity index (χ2n) is 3.19. The van der Waals surface area contributed by atoms with Crippen molar-refractivity contribution in [3.8, 4) is 0 Å². The molecule has 0 radical (unpaired) electrons. The maximum absolute atomic E-state index is 10.5. The summed E-state index contributed by atoms with van der Waals surface area (Å²) in [5.41, 5.74) is 5.48. The van der Waals surface area contributed by atoms with Crippen LogP contribution in [0, 0.1) is 0 Å². The molecule has 0 saturated carbocycles. The Morgan fingerprint density at radius 1 is 1.47 bits per heavy atom. The molecule has 0 aliphatic heterocycles. The minimum Gasteiger partial charge on any atom is -0.368 e. The zero-order valence-electron chi connectivity index (χ0n) is 8.70. The van der Waals surface area contributed by atoms with Crippen LogP contribution < -0.4 is 16.4 Å². The molecule has 0 aromatic carbocycles. The molecule has 90 valence electrons. The fourth-order valence-electron chi connectivity index (χ4n) is 1.31. The van der Waals surface area contributed by atoms with Gasteiger partial charge in [0.25, 0.3) is 0 Å². The first-order chi connectivity index (χ1) is 8.16. The van der Waals surface area contributed by atoms with Gasteiger partial charge in [-0.15, -0.1) is 0 Å². The van der Waals surface area contributed by atoms with Crippen LogP contribution in [0.2, 0.25) is 5.28 Å². The van der Waals surface area contributed by atoms with Gasteiger partial charge in [-0.25, -0.2) is 4.79 Å². The van der Waals surface area contributed by atoms with E-state index in [4.69, 9.17) is 17.3 Å². The van der Waals surface area contributed by atoms with Crippen molar-refractivity contribution in [3.63, 3.8) is 0 Å². The Labute approximate surface area is 101 Å². The van der Waals surface area contributed by atoms with Crippen LogP contribution in [-0.2, 0) is 0 Å². The molecule has 0 atom stereocenters. The molecule has 0 aliphatic carbocycles. The van der Waals surface area contributed by atoms with Gasteiger partial charge in [0.1, 0.15) is 5.82 Å². The van der Waals surface area contributed by atoms with Crippen molar-refractivity contribution >= 4 is 34.5 Å². The van der Waals surface area contributed by atoms with Crippen molar-refractivity contribution in [1.82, 2.24) is 25.5 Å². The minimum absolute atomic E-state index is 0.118. The molecule has 0 fully saturated rings. The highest BCUT2D eigenvalue weighted by Crippen LogP contribution is 2.19. The molecule has 0 unspecified atom stereocenters. The van der Waals surface area contributed by atoms with Crippen molar-refractivity contribution in [2.45, 2.75) is 0 Å². The van der Waals surface area contributed by atoms with E-state index in [-0.39, 0.29) is 5.28 Å². The number of rotatable bonds is 4. The maximum atomic E-state index is 10.5. The van der Waals surface area contributed by atoms with E-state index in [9.17, 15) is 4.79 Å². The number of hydrogen-bond donors (Lipinski definition) is 4. The standard InChI is InChI=1S/C8H10ClN7O/c9-7-14-5(11-1-2-12-8(10)17)4-3-13-16-6(4)15-7/h3H,1-2H2,(H3,10,12,17)(H2,11,13,14,15,16). The third kappa shape index (κ3) is 2.72. The molecule has 9 heteroatoms. The van der Waals surface area contributed by atoms with E-state index < -0.39 is 6.03 Å². The Kier molecular flexibility index (Phi) is 3.24. The average molecular weight is 256 g/mol. The molecule has 0 aliphatic rings. The SMILES string of the molecule is NC(=O)NCCNc1nc(Cl)nc2[nH]ncc12. The average Bonchev–Trinajstić information content (AvgIpc) is 2.71. The van der Waals surface area contributed by atoms with Crippen LogP contribution in [0.5, 0.6) is 0 Å². The van der Waals surface area contributed by atoms with Crippen LogP contribution in [0.15, 0.2) is 6.20 Å². The van der Waals surface area contributed by atoms with Gasteiger partial charge in [-0.1, -0.05) is 0 Å². The Morgan fingerprint density at radius 3 is 3.06 bits per heavy atom. The number of primary amides is 1. The number of H-pyrrole nitrogens is 1. The molecule has 0 bridgehead atoms. The van der Waals surface area contributed by atoms with Crippen molar-refractivity contribution in [2.75, 3.05) is 18.4 Å². The van der Waals surface area contributed by atoms with Crippen molar-refractivity contribution in [3.05, 3.63) is 11.5 Å². The second-order valence-corrected chi connectivity index (χ2v) is 3.53. The van der Waals surface area contributed by atoms with Crippen LogP contribution in [0.4, 0.5) is 10.6 Å². The summed E-state index contributed by atoms with van der Waals surface area (Å²) in [4.78, 5) is 18.4. The van der Waals surface area contributed by atoms with Crippen LogP contribution in [0.3, 0.4) is 0 Å². The summed E-state index contributed by atoms with van der Waals surface area (Å²) in [6.07, 6.45) is 1.59. The maximum Gasteiger partial charge on any atom is 0.312 e. The molecule has 5 N–H and O–H groups in total. The Balaban J connectivity index is 2.07. The van der Waals surface area contributed by atoms with Crippen molar-refractivity contribution in [1.29, 1.82) is 0 Å². The number of carbonyl (C=O) groups is 1. The van der Waals surface area contributed by atoms with E-state index >= 15 is 0 Å². The summed E-state index contributed by atoms with van der Waals surface area (Å²) in [7, 11) is 0. The minimum atomic E-state index is -0.569. The number of urea groups is 1.